The highest BCUT2D eigenvalue weighted by atomic mass is 16.5. The first-order valence-corrected chi connectivity index (χ1v) is 6.95. The molecule has 0 saturated carbocycles. The van der Waals surface area contributed by atoms with Crippen molar-refractivity contribution < 1.29 is 4.74 Å². The van der Waals surface area contributed by atoms with Crippen LogP contribution in [-0.4, -0.2) is 75.4 Å². The molecule has 1 N–H and O–H groups in total. The molecule has 2 saturated heterocycles. The van der Waals surface area contributed by atoms with Crippen LogP contribution in [0.15, 0.2) is 0 Å². The molecule has 0 amide bonds. The Kier molecular flexibility index (Phi) is 5.22. The van der Waals surface area contributed by atoms with E-state index in [-0.39, 0.29) is 0 Å². The lowest BCUT2D eigenvalue weighted by atomic mass is 10.1. The van der Waals surface area contributed by atoms with Crippen LogP contribution in [0.3, 0.4) is 0 Å². The number of nitrogens with zero attached hydrogens (tertiary/aromatic N) is 2. The van der Waals surface area contributed by atoms with Gasteiger partial charge in [-0.25, -0.2) is 0 Å². The number of ether oxygens (including phenoxy) is 1. The zero-order valence-corrected chi connectivity index (χ0v) is 11.3. The van der Waals surface area contributed by atoms with Crippen molar-refractivity contribution in [3.63, 3.8) is 0 Å². The molecule has 17 heavy (non-hydrogen) atoms. The largest absolute Gasteiger partial charge is 0.381 e. The van der Waals surface area contributed by atoms with Crippen LogP contribution in [0.2, 0.25) is 0 Å². The molecule has 0 aliphatic carbocycles. The number of hydrogen-bond acceptors (Lipinski definition) is 4. The van der Waals surface area contributed by atoms with E-state index in [1.54, 1.807) is 0 Å². The first-order valence-electron chi connectivity index (χ1n) is 6.95. The van der Waals surface area contributed by atoms with Gasteiger partial charge in [0.2, 0.25) is 0 Å². The second-order valence-corrected chi connectivity index (χ2v) is 5.55. The lowest BCUT2D eigenvalue weighted by Gasteiger charge is -2.38. The normalized spacial score (nSPS) is 33.5. The van der Waals surface area contributed by atoms with Crippen molar-refractivity contribution >= 4 is 0 Å². The maximum Gasteiger partial charge on any atom is 0.0480 e. The Hall–Kier alpha value is -0.160. The molecule has 0 aromatic heterocycles. The van der Waals surface area contributed by atoms with Gasteiger partial charge in [-0.1, -0.05) is 0 Å². The Balaban J connectivity index is 1.72. The first kappa shape index (κ1) is 13.3. The molecule has 2 aliphatic heterocycles. The molecular formula is C13H27N3O. The molecule has 0 spiro atoms. The smallest absolute Gasteiger partial charge is 0.0480 e. The van der Waals surface area contributed by atoms with Crippen LogP contribution < -0.4 is 5.32 Å². The van der Waals surface area contributed by atoms with Gasteiger partial charge in [-0.15, -0.1) is 0 Å². The summed E-state index contributed by atoms with van der Waals surface area (Å²) in [7, 11) is 4.47. The summed E-state index contributed by atoms with van der Waals surface area (Å²) in [6, 6.07) is 1.33. The number of nitrogens with one attached hydrogen (secondary N) is 1. The Morgan fingerprint density at radius 3 is 2.94 bits per heavy atom. The topological polar surface area (TPSA) is 27.7 Å². The monoisotopic (exact) mass is 241 g/mol. The summed E-state index contributed by atoms with van der Waals surface area (Å²) >= 11 is 0. The fraction of sp³-hybridized carbons (Fsp3) is 1.00. The second-order valence-electron chi connectivity index (χ2n) is 5.55. The standard InChI is InChI=1S/C13H27N3O/c1-15-6-7-16(2)13(11-15)10-14-12-4-3-8-17-9-5-12/h12-14H,3-11H2,1-2H3. The van der Waals surface area contributed by atoms with Crippen molar-refractivity contribution in [2.24, 2.45) is 0 Å². The minimum atomic E-state index is 0.665. The minimum absolute atomic E-state index is 0.665. The molecule has 100 valence electrons. The Bertz CT molecular complexity index is 217. The molecule has 0 bridgehead atoms. The van der Waals surface area contributed by atoms with Crippen LogP contribution in [0.25, 0.3) is 0 Å². The second kappa shape index (κ2) is 6.69. The number of likely N-dealkylation sites (N-methyl/N-ethyl adjacent to an activating group) is 2. The predicted molar refractivity (Wildman–Crippen MR) is 70.4 cm³/mol. The van der Waals surface area contributed by atoms with Crippen molar-refractivity contribution in [1.82, 2.24) is 15.1 Å². The van der Waals surface area contributed by atoms with E-state index in [0.717, 1.165) is 19.8 Å². The maximum atomic E-state index is 5.50. The van der Waals surface area contributed by atoms with E-state index in [2.05, 4.69) is 29.2 Å². The van der Waals surface area contributed by atoms with Gasteiger partial charge in [-0.2, -0.15) is 0 Å². The van der Waals surface area contributed by atoms with Crippen LogP contribution in [-0.2, 0) is 4.74 Å². The summed E-state index contributed by atoms with van der Waals surface area (Å²) in [5.74, 6) is 0. The molecule has 2 rings (SSSR count). The Morgan fingerprint density at radius 1 is 1.18 bits per heavy atom. The predicted octanol–water partition coefficient (Wildman–Crippen LogP) is 0.391. The van der Waals surface area contributed by atoms with Gasteiger partial charge in [0.05, 0.1) is 0 Å². The molecule has 2 heterocycles. The third-order valence-electron chi connectivity index (χ3n) is 4.07. The summed E-state index contributed by atoms with van der Waals surface area (Å²) < 4.78 is 5.50. The lowest BCUT2D eigenvalue weighted by molar-refractivity contribution is 0.110. The third-order valence-corrected chi connectivity index (χ3v) is 4.07. The molecule has 0 aromatic carbocycles. The Morgan fingerprint density at radius 2 is 2.06 bits per heavy atom. The Labute approximate surface area is 105 Å². The zero-order chi connectivity index (χ0) is 12.1. The van der Waals surface area contributed by atoms with Crippen molar-refractivity contribution in [2.45, 2.75) is 31.3 Å². The third kappa shape index (κ3) is 4.21. The van der Waals surface area contributed by atoms with Crippen molar-refractivity contribution in [2.75, 3.05) is 53.5 Å². The number of rotatable bonds is 3. The molecule has 0 radical (unpaired) electrons. The molecule has 0 aromatic rings. The molecular weight excluding hydrogens is 214 g/mol. The highest BCUT2D eigenvalue weighted by molar-refractivity contribution is 4.82. The summed E-state index contributed by atoms with van der Waals surface area (Å²) in [5, 5.41) is 3.73. The van der Waals surface area contributed by atoms with E-state index in [1.807, 2.05) is 0 Å². The van der Waals surface area contributed by atoms with Gasteiger partial charge in [0.25, 0.3) is 0 Å². The van der Waals surface area contributed by atoms with Crippen LogP contribution in [0.1, 0.15) is 19.3 Å². The van der Waals surface area contributed by atoms with Gasteiger partial charge < -0.3 is 15.0 Å². The average Bonchev–Trinajstić information content (AvgIpc) is 2.59. The molecule has 2 unspecified atom stereocenters. The van der Waals surface area contributed by atoms with Gasteiger partial charge in [-0.3, -0.25) is 4.90 Å². The minimum Gasteiger partial charge on any atom is -0.381 e. The van der Waals surface area contributed by atoms with Crippen LogP contribution >= 0.6 is 0 Å². The van der Waals surface area contributed by atoms with Crippen molar-refractivity contribution in [1.29, 1.82) is 0 Å². The van der Waals surface area contributed by atoms with Crippen LogP contribution in [0.5, 0.6) is 0 Å². The summed E-state index contributed by atoms with van der Waals surface area (Å²) in [6.07, 6.45) is 3.65. The molecule has 4 nitrogen and oxygen atoms in total. The van der Waals surface area contributed by atoms with Crippen LogP contribution in [0, 0.1) is 0 Å². The lowest BCUT2D eigenvalue weighted by Crippen LogP contribution is -2.54. The zero-order valence-electron chi connectivity index (χ0n) is 11.3. The maximum absolute atomic E-state index is 5.50. The molecule has 2 atom stereocenters. The summed E-state index contributed by atoms with van der Waals surface area (Å²) in [4.78, 5) is 4.92. The van der Waals surface area contributed by atoms with Gasteiger partial charge >= 0.3 is 0 Å². The summed E-state index contributed by atoms with van der Waals surface area (Å²) in [6.45, 7) is 6.57. The van der Waals surface area contributed by atoms with Crippen LogP contribution in [0.4, 0.5) is 0 Å². The highest BCUT2D eigenvalue weighted by Gasteiger charge is 2.23. The van der Waals surface area contributed by atoms with E-state index in [4.69, 9.17) is 4.74 Å². The fourth-order valence-corrected chi connectivity index (χ4v) is 2.73. The molecule has 2 aliphatic rings. The molecule has 2 fully saturated rings. The number of piperazine rings is 1. The van der Waals surface area contributed by atoms with E-state index >= 15 is 0 Å². The van der Waals surface area contributed by atoms with E-state index < -0.39 is 0 Å². The quantitative estimate of drug-likeness (QED) is 0.774. The summed E-state index contributed by atoms with van der Waals surface area (Å²) in [5.41, 5.74) is 0. The van der Waals surface area contributed by atoms with Gasteiger partial charge in [0.15, 0.2) is 0 Å². The van der Waals surface area contributed by atoms with Gasteiger partial charge in [-0.05, 0) is 33.4 Å². The average molecular weight is 241 g/mol. The highest BCUT2D eigenvalue weighted by Crippen LogP contribution is 2.10. The van der Waals surface area contributed by atoms with E-state index in [1.165, 1.54) is 38.9 Å². The van der Waals surface area contributed by atoms with E-state index in [9.17, 15) is 0 Å². The van der Waals surface area contributed by atoms with Crippen molar-refractivity contribution in [3.05, 3.63) is 0 Å². The first-order chi connectivity index (χ1) is 8.25. The van der Waals surface area contributed by atoms with Crippen molar-refractivity contribution in [3.8, 4) is 0 Å². The van der Waals surface area contributed by atoms with E-state index in [0.29, 0.717) is 12.1 Å². The fourth-order valence-electron chi connectivity index (χ4n) is 2.73. The molecule has 4 heteroatoms. The number of hydrogen-bond donors (Lipinski definition) is 1. The SMILES string of the molecule is CN1CCN(C)C(CNC2CCCOCC2)C1. The van der Waals surface area contributed by atoms with Gasteiger partial charge in [0.1, 0.15) is 0 Å². The van der Waals surface area contributed by atoms with Gasteiger partial charge in [0, 0.05) is 51.5 Å².